The Labute approximate surface area is 162 Å². The molecule has 0 saturated carbocycles. The highest BCUT2D eigenvalue weighted by molar-refractivity contribution is 8.14. The molecular formula is C20H22N4S2. The van der Waals surface area contributed by atoms with Crippen LogP contribution in [-0.4, -0.2) is 40.9 Å². The number of amidine groups is 1. The van der Waals surface area contributed by atoms with Gasteiger partial charge in [0.25, 0.3) is 0 Å². The van der Waals surface area contributed by atoms with Gasteiger partial charge in [-0.2, -0.15) is 0 Å². The summed E-state index contributed by atoms with van der Waals surface area (Å²) in [4.78, 5) is 11.6. The van der Waals surface area contributed by atoms with Crippen molar-refractivity contribution in [2.24, 2.45) is 4.99 Å². The van der Waals surface area contributed by atoms with Gasteiger partial charge in [-0.15, -0.1) is 0 Å². The second-order valence-corrected chi connectivity index (χ2v) is 8.59. The van der Waals surface area contributed by atoms with Gasteiger partial charge in [0.1, 0.15) is 0 Å². The summed E-state index contributed by atoms with van der Waals surface area (Å²) < 4.78 is 1.24. The number of nitrogens with one attached hydrogen (secondary N) is 1. The zero-order chi connectivity index (χ0) is 17.9. The number of rotatable bonds is 5. The fourth-order valence-corrected chi connectivity index (χ4v) is 4.89. The predicted octanol–water partition coefficient (Wildman–Crippen LogP) is 4.93. The van der Waals surface area contributed by atoms with Crippen LogP contribution < -0.4 is 5.32 Å². The summed E-state index contributed by atoms with van der Waals surface area (Å²) in [6.07, 6.45) is 0.973. The molecule has 1 aliphatic heterocycles. The van der Waals surface area contributed by atoms with Gasteiger partial charge in [0.15, 0.2) is 10.3 Å². The molecule has 0 radical (unpaired) electrons. The molecule has 2 aromatic carbocycles. The predicted molar refractivity (Wildman–Crippen MR) is 115 cm³/mol. The number of hydrogen-bond acceptors (Lipinski definition) is 5. The van der Waals surface area contributed by atoms with Gasteiger partial charge in [-0.05, 0) is 48.7 Å². The van der Waals surface area contributed by atoms with E-state index >= 15 is 0 Å². The van der Waals surface area contributed by atoms with Gasteiger partial charge in [-0.1, -0.05) is 41.3 Å². The molecule has 0 spiro atoms. The fraction of sp³-hybridized carbons (Fsp3) is 0.300. The van der Waals surface area contributed by atoms with Crippen molar-refractivity contribution in [3.8, 4) is 0 Å². The number of aliphatic imine (C=N–C) groups is 1. The number of hydrogen-bond donors (Lipinski definition) is 1. The van der Waals surface area contributed by atoms with Gasteiger partial charge in [-0.25, -0.2) is 9.98 Å². The Morgan fingerprint density at radius 3 is 2.81 bits per heavy atom. The fourth-order valence-electron chi connectivity index (χ4n) is 2.87. The molecule has 26 heavy (non-hydrogen) atoms. The number of aryl methyl sites for hydroxylation is 1. The molecule has 1 fully saturated rings. The normalized spacial score (nSPS) is 15.9. The Hall–Kier alpha value is -2.05. The Kier molecular flexibility index (Phi) is 5.13. The molecule has 4 rings (SSSR count). The largest absolute Gasteiger partial charge is 0.361 e. The van der Waals surface area contributed by atoms with E-state index < -0.39 is 0 Å². The van der Waals surface area contributed by atoms with Crippen molar-refractivity contribution in [1.29, 1.82) is 0 Å². The zero-order valence-electron chi connectivity index (χ0n) is 15.0. The van der Waals surface area contributed by atoms with Crippen molar-refractivity contribution in [3.63, 3.8) is 0 Å². The number of thioether (sulfide) groups is 1. The van der Waals surface area contributed by atoms with Gasteiger partial charge in [0, 0.05) is 25.9 Å². The smallest absolute Gasteiger partial charge is 0.183 e. The maximum atomic E-state index is 4.72. The van der Waals surface area contributed by atoms with Gasteiger partial charge in [0.2, 0.25) is 0 Å². The second-order valence-electron chi connectivity index (χ2n) is 6.50. The minimum absolute atomic E-state index is 0.880. The van der Waals surface area contributed by atoms with Gasteiger partial charge in [-0.3, -0.25) is 0 Å². The number of fused-ring (bicyclic) bond motifs is 1. The Morgan fingerprint density at radius 2 is 2.04 bits per heavy atom. The van der Waals surface area contributed by atoms with Crippen LogP contribution in [0.25, 0.3) is 10.2 Å². The highest BCUT2D eigenvalue weighted by atomic mass is 32.2. The second kappa shape index (κ2) is 7.68. The molecule has 6 heteroatoms. The van der Waals surface area contributed by atoms with Crippen LogP contribution in [-0.2, 0) is 6.42 Å². The number of nitrogens with zero attached hydrogens (tertiary/aromatic N) is 3. The van der Waals surface area contributed by atoms with Crippen molar-refractivity contribution in [2.75, 3.05) is 31.2 Å². The third-order valence-corrected chi connectivity index (χ3v) is 6.40. The van der Waals surface area contributed by atoms with Crippen LogP contribution in [0.2, 0.25) is 0 Å². The molecular weight excluding hydrogens is 360 g/mol. The lowest BCUT2D eigenvalue weighted by Gasteiger charge is -2.09. The SMILES string of the molecule is Cc1ccc2nc(NCCc3ccc(/N=C4\SCCN4C)cc3)sc2c1. The van der Waals surface area contributed by atoms with E-state index in [-0.39, 0.29) is 0 Å². The average Bonchev–Trinajstić information content (AvgIpc) is 3.22. The van der Waals surface area contributed by atoms with E-state index in [1.54, 1.807) is 11.3 Å². The van der Waals surface area contributed by atoms with Gasteiger partial charge in [0.05, 0.1) is 15.9 Å². The topological polar surface area (TPSA) is 40.5 Å². The number of benzene rings is 2. The van der Waals surface area contributed by atoms with E-state index in [9.17, 15) is 0 Å². The van der Waals surface area contributed by atoms with Crippen LogP contribution in [0.15, 0.2) is 47.5 Å². The van der Waals surface area contributed by atoms with Crippen molar-refractivity contribution < 1.29 is 0 Å². The van der Waals surface area contributed by atoms with Gasteiger partial charge >= 0.3 is 0 Å². The van der Waals surface area contributed by atoms with E-state index in [1.807, 2.05) is 11.8 Å². The van der Waals surface area contributed by atoms with E-state index in [0.717, 1.165) is 46.8 Å². The van der Waals surface area contributed by atoms with Crippen molar-refractivity contribution in [2.45, 2.75) is 13.3 Å². The third-order valence-electron chi connectivity index (χ3n) is 4.38. The first kappa shape index (κ1) is 17.4. The van der Waals surface area contributed by atoms with Crippen LogP contribution in [0.3, 0.4) is 0 Å². The van der Waals surface area contributed by atoms with Crippen LogP contribution >= 0.6 is 23.1 Å². The molecule has 1 aromatic heterocycles. The lowest BCUT2D eigenvalue weighted by atomic mass is 10.1. The van der Waals surface area contributed by atoms with E-state index in [4.69, 9.17) is 4.99 Å². The number of aromatic nitrogens is 1. The molecule has 1 saturated heterocycles. The maximum absolute atomic E-state index is 4.72. The number of anilines is 1. The summed E-state index contributed by atoms with van der Waals surface area (Å²) in [6, 6.07) is 14.9. The zero-order valence-corrected chi connectivity index (χ0v) is 16.7. The summed E-state index contributed by atoms with van der Waals surface area (Å²) in [6.45, 7) is 4.08. The molecule has 0 unspecified atom stereocenters. The summed E-state index contributed by atoms with van der Waals surface area (Å²) >= 11 is 3.54. The quantitative estimate of drug-likeness (QED) is 0.679. The molecule has 3 aromatic rings. The van der Waals surface area contributed by atoms with Crippen LogP contribution in [0.5, 0.6) is 0 Å². The molecule has 0 atom stereocenters. The lowest BCUT2D eigenvalue weighted by Crippen LogP contribution is -2.17. The number of thiazole rings is 1. The van der Waals surface area contributed by atoms with E-state index in [1.165, 1.54) is 15.8 Å². The average molecular weight is 383 g/mol. The van der Waals surface area contributed by atoms with Crippen LogP contribution in [0.4, 0.5) is 10.8 Å². The van der Waals surface area contributed by atoms with Gasteiger partial charge < -0.3 is 10.2 Å². The first-order chi connectivity index (χ1) is 12.7. The van der Waals surface area contributed by atoms with Crippen molar-refractivity contribution in [3.05, 3.63) is 53.6 Å². The Bertz CT molecular complexity index is 931. The van der Waals surface area contributed by atoms with E-state index in [0.29, 0.717) is 0 Å². The molecule has 4 nitrogen and oxygen atoms in total. The first-order valence-electron chi connectivity index (χ1n) is 8.80. The molecule has 1 aliphatic rings. The molecule has 0 bridgehead atoms. The minimum Gasteiger partial charge on any atom is -0.361 e. The first-order valence-corrected chi connectivity index (χ1v) is 10.6. The monoisotopic (exact) mass is 382 g/mol. The highest BCUT2D eigenvalue weighted by Gasteiger charge is 2.14. The standard InChI is InChI=1S/C20H22N4S2/c1-14-3-8-17-18(13-14)26-19(23-17)21-10-9-15-4-6-16(7-5-15)22-20-24(2)11-12-25-20/h3-8,13H,9-12H2,1-2H3,(H,21,23)/b22-20-. The Morgan fingerprint density at radius 1 is 1.19 bits per heavy atom. The summed E-state index contributed by atoms with van der Waals surface area (Å²) in [7, 11) is 2.10. The summed E-state index contributed by atoms with van der Waals surface area (Å²) in [5.41, 5.74) is 4.69. The summed E-state index contributed by atoms with van der Waals surface area (Å²) in [5.74, 6) is 1.13. The molecule has 0 amide bonds. The minimum atomic E-state index is 0.880. The van der Waals surface area contributed by atoms with E-state index in [2.05, 4.69) is 71.6 Å². The molecule has 134 valence electrons. The lowest BCUT2D eigenvalue weighted by molar-refractivity contribution is 0.563. The molecule has 2 heterocycles. The Balaban J connectivity index is 1.34. The highest BCUT2D eigenvalue weighted by Crippen LogP contribution is 2.26. The third kappa shape index (κ3) is 4.02. The van der Waals surface area contributed by atoms with Crippen molar-refractivity contribution in [1.82, 2.24) is 9.88 Å². The molecule has 0 aliphatic carbocycles. The van der Waals surface area contributed by atoms with Crippen LogP contribution in [0.1, 0.15) is 11.1 Å². The van der Waals surface area contributed by atoms with Crippen molar-refractivity contribution >= 4 is 49.3 Å². The van der Waals surface area contributed by atoms with Crippen LogP contribution in [0, 0.1) is 6.92 Å². The summed E-state index contributed by atoms with van der Waals surface area (Å²) in [5, 5.41) is 5.56. The maximum Gasteiger partial charge on any atom is 0.183 e. The molecule has 1 N–H and O–H groups in total.